The number of fused-ring (bicyclic) bond motifs is 4. The van der Waals surface area contributed by atoms with E-state index in [4.69, 9.17) is 0 Å². The molecule has 0 amide bonds. The summed E-state index contributed by atoms with van der Waals surface area (Å²) in [6, 6.07) is 9.28. The first-order valence-corrected chi connectivity index (χ1v) is 10.2. The Morgan fingerprint density at radius 2 is 2.00 bits per heavy atom. The molecule has 0 radical (unpaired) electrons. The molecule has 0 bridgehead atoms. The number of hydrogen-bond donors (Lipinski definition) is 0. The fourth-order valence-corrected chi connectivity index (χ4v) is 5.98. The third-order valence-electron chi connectivity index (χ3n) is 5.75. The standard InChI is InChI=1S/C17H24N2O2S/c1-22(20,21)19-9-4-6-14-12-18-10-8-13-5-2-3-7-15(13)17(18)11-16(14)19/h2-3,5,7,14,16-17H,4,6,8-12H2,1H3/t14-,16+,17+/m1/s1. The molecule has 120 valence electrons. The normalized spacial score (nSPS) is 32.9. The van der Waals surface area contributed by atoms with E-state index in [1.807, 2.05) is 0 Å². The molecule has 3 aliphatic heterocycles. The lowest BCUT2D eigenvalue weighted by atomic mass is 9.77. The largest absolute Gasteiger partial charge is 0.296 e. The number of sulfonamides is 1. The lowest BCUT2D eigenvalue weighted by Gasteiger charge is -2.51. The Balaban J connectivity index is 1.67. The smallest absolute Gasteiger partial charge is 0.211 e. The average Bonchev–Trinajstić information content (AvgIpc) is 2.51. The SMILES string of the molecule is CS(=O)(=O)N1CCC[C@@H]2CN3CCc4ccccc4[C@@H]3C[C@@H]21. The monoisotopic (exact) mass is 320 g/mol. The lowest BCUT2D eigenvalue weighted by Crippen LogP contribution is -2.57. The van der Waals surface area contributed by atoms with Crippen molar-refractivity contribution in [1.82, 2.24) is 9.21 Å². The summed E-state index contributed by atoms with van der Waals surface area (Å²) >= 11 is 0. The summed E-state index contributed by atoms with van der Waals surface area (Å²) < 4.78 is 26.1. The van der Waals surface area contributed by atoms with Gasteiger partial charge in [0.05, 0.1) is 6.26 Å². The van der Waals surface area contributed by atoms with Crippen LogP contribution in [0.4, 0.5) is 0 Å². The van der Waals surface area contributed by atoms with Crippen molar-refractivity contribution >= 4 is 10.0 Å². The highest BCUT2D eigenvalue weighted by Gasteiger charge is 2.44. The van der Waals surface area contributed by atoms with Crippen LogP contribution in [0.5, 0.6) is 0 Å². The predicted octanol–water partition coefficient (Wildman–Crippen LogP) is 2.03. The van der Waals surface area contributed by atoms with Crippen LogP contribution in [0.2, 0.25) is 0 Å². The van der Waals surface area contributed by atoms with Crippen LogP contribution in [-0.2, 0) is 16.4 Å². The molecule has 0 aromatic heterocycles. The van der Waals surface area contributed by atoms with Gasteiger partial charge in [0.1, 0.15) is 0 Å². The summed E-state index contributed by atoms with van der Waals surface area (Å²) in [5.41, 5.74) is 2.87. The van der Waals surface area contributed by atoms with Gasteiger partial charge in [-0.1, -0.05) is 24.3 Å². The topological polar surface area (TPSA) is 40.6 Å². The number of piperidine rings is 2. The van der Waals surface area contributed by atoms with E-state index in [1.165, 1.54) is 23.8 Å². The average molecular weight is 320 g/mol. The van der Waals surface area contributed by atoms with E-state index in [9.17, 15) is 8.42 Å². The van der Waals surface area contributed by atoms with E-state index in [0.29, 0.717) is 18.5 Å². The first-order chi connectivity index (χ1) is 10.5. The minimum Gasteiger partial charge on any atom is -0.296 e. The van der Waals surface area contributed by atoms with Gasteiger partial charge in [0.15, 0.2) is 0 Å². The van der Waals surface area contributed by atoms with Crippen LogP contribution in [0.25, 0.3) is 0 Å². The third-order valence-corrected chi connectivity index (χ3v) is 7.06. The Morgan fingerprint density at radius 1 is 1.18 bits per heavy atom. The van der Waals surface area contributed by atoms with Crippen molar-refractivity contribution in [2.45, 2.75) is 37.8 Å². The number of nitrogens with zero attached hydrogens (tertiary/aromatic N) is 2. The van der Waals surface area contributed by atoms with Gasteiger partial charge in [-0.15, -0.1) is 0 Å². The Kier molecular flexibility index (Phi) is 3.55. The second kappa shape index (κ2) is 5.32. The molecule has 4 nitrogen and oxygen atoms in total. The Morgan fingerprint density at radius 3 is 2.82 bits per heavy atom. The second-order valence-electron chi connectivity index (χ2n) is 7.04. The molecular weight excluding hydrogens is 296 g/mol. The van der Waals surface area contributed by atoms with Gasteiger partial charge in [-0.25, -0.2) is 8.42 Å². The molecule has 0 spiro atoms. The Bertz CT molecular complexity index is 673. The molecule has 1 aromatic rings. The van der Waals surface area contributed by atoms with Gasteiger partial charge < -0.3 is 0 Å². The fraction of sp³-hybridized carbons (Fsp3) is 0.647. The highest BCUT2D eigenvalue weighted by atomic mass is 32.2. The first kappa shape index (κ1) is 14.7. The minimum absolute atomic E-state index is 0.191. The van der Waals surface area contributed by atoms with Crippen molar-refractivity contribution in [3.63, 3.8) is 0 Å². The van der Waals surface area contributed by atoms with Crippen LogP contribution in [0.3, 0.4) is 0 Å². The summed E-state index contributed by atoms with van der Waals surface area (Å²) in [4.78, 5) is 2.59. The fourth-order valence-electron chi connectivity index (χ4n) is 4.77. The van der Waals surface area contributed by atoms with Gasteiger partial charge in [0.25, 0.3) is 0 Å². The zero-order valence-electron chi connectivity index (χ0n) is 13.1. The summed E-state index contributed by atoms with van der Waals surface area (Å²) in [7, 11) is -3.10. The number of benzene rings is 1. The van der Waals surface area contributed by atoms with E-state index >= 15 is 0 Å². The highest BCUT2D eigenvalue weighted by Crippen LogP contribution is 2.43. The van der Waals surface area contributed by atoms with Gasteiger partial charge >= 0.3 is 0 Å². The molecule has 3 aliphatic rings. The molecule has 0 saturated carbocycles. The zero-order chi connectivity index (χ0) is 15.3. The first-order valence-electron chi connectivity index (χ1n) is 8.33. The maximum atomic E-state index is 12.2. The molecule has 3 atom stereocenters. The molecule has 5 heteroatoms. The zero-order valence-corrected chi connectivity index (χ0v) is 13.9. The molecule has 3 heterocycles. The summed E-state index contributed by atoms with van der Waals surface area (Å²) in [6.45, 7) is 2.87. The van der Waals surface area contributed by atoms with Gasteiger partial charge in [0, 0.05) is 31.7 Å². The van der Waals surface area contributed by atoms with Gasteiger partial charge in [0.2, 0.25) is 10.0 Å². The molecule has 0 unspecified atom stereocenters. The summed E-state index contributed by atoms with van der Waals surface area (Å²) in [6.07, 6.45) is 5.62. The molecule has 22 heavy (non-hydrogen) atoms. The van der Waals surface area contributed by atoms with Crippen LogP contribution in [-0.4, -0.2) is 49.6 Å². The maximum Gasteiger partial charge on any atom is 0.211 e. The molecule has 0 N–H and O–H groups in total. The van der Waals surface area contributed by atoms with E-state index < -0.39 is 10.0 Å². The molecule has 1 aromatic carbocycles. The van der Waals surface area contributed by atoms with Crippen molar-refractivity contribution in [2.24, 2.45) is 5.92 Å². The van der Waals surface area contributed by atoms with Crippen molar-refractivity contribution in [2.75, 3.05) is 25.9 Å². The van der Waals surface area contributed by atoms with E-state index in [-0.39, 0.29) is 6.04 Å². The summed E-state index contributed by atoms with van der Waals surface area (Å²) in [5.74, 6) is 0.505. The van der Waals surface area contributed by atoms with Crippen LogP contribution in [0.1, 0.15) is 36.4 Å². The molecule has 0 aliphatic carbocycles. The van der Waals surface area contributed by atoms with Gasteiger partial charge in [-0.3, -0.25) is 4.90 Å². The quantitative estimate of drug-likeness (QED) is 0.795. The van der Waals surface area contributed by atoms with E-state index in [0.717, 1.165) is 32.4 Å². The number of hydrogen-bond acceptors (Lipinski definition) is 3. The number of rotatable bonds is 1. The van der Waals surface area contributed by atoms with Crippen molar-refractivity contribution in [3.05, 3.63) is 35.4 Å². The van der Waals surface area contributed by atoms with Gasteiger partial charge in [-0.2, -0.15) is 4.31 Å². The minimum atomic E-state index is -3.10. The van der Waals surface area contributed by atoms with Crippen LogP contribution in [0, 0.1) is 5.92 Å². The third kappa shape index (κ3) is 2.39. The molecule has 2 saturated heterocycles. The maximum absolute atomic E-state index is 12.2. The molecular formula is C17H24N2O2S. The van der Waals surface area contributed by atoms with E-state index in [2.05, 4.69) is 29.2 Å². The summed E-state index contributed by atoms with van der Waals surface area (Å²) in [5, 5.41) is 0. The van der Waals surface area contributed by atoms with Gasteiger partial charge in [-0.05, 0) is 42.7 Å². The van der Waals surface area contributed by atoms with Crippen LogP contribution in [0.15, 0.2) is 24.3 Å². The predicted molar refractivity (Wildman–Crippen MR) is 87.1 cm³/mol. The molecule has 4 rings (SSSR count). The van der Waals surface area contributed by atoms with Crippen molar-refractivity contribution in [1.29, 1.82) is 0 Å². The van der Waals surface area contributed by atoms with E-state index in [1.54, 1.807) is 4.31 Å². The van der Waals surface area contributed by atoms with Crippen LogP contribution < -0.4 is 0 Å². The highest BCUT2D eigenvalue weighted by molar-refractivity contribution is 7.88. The Labute approximate surface area is 133 Å². The molecule has 2 fully saturated rings. The second-order valence-corrected chi connectivity index (χ2v) is 8.97. The lowest BCUT2D eigenvalue weighted by molar-refractivity contribution is 0.0222. The van der Waals surface area contributed by atoms with Crippen molar-refractivity contribution < 1.29 is 8.42 Å². The Hall–Kier alpha value is -0.910. The van der Waals surface area contributed by atoms with Crippen molar-refractivity contribution in [3.8, 4) is 0 Å². The van der Waals surface area contributed by atoms with Crippen LogP contribution >= 0.6 is 0 Å².